The quantitative estimate of drug-likeness (QED) is 0.542. The monoisotopic (exact) mass is 429 g/mol. The van der Waals surface area contributed by atoms with E-state index in [1.165, 1.54) is 16.7 Å². The van der Waals surface area contributed by atoms with E-state index in [0.29, 0.717) is 34.7 Å². The van der Waals surface area contributed by atoms with Gasteiger partial charge in [-0.05, 0) is 49.8 Å². The number of pyridine rings is 1. The molecule has 0 atom stereocenters. The van der Waals surface area contributed by atoms with Crippen LogP contribution in [-0.2, 0) is 0 Å². The van der Waals surface area contributed by atoms with Crippen molar-refractivity contribution in [2.24, 2.45) is 5.92 Å². The smallest absolute Gasteiger partial charge is 0.260 e. The normalized spacial score (nSPS) is 16.7. The van der Waals surface area contributed by atoms with E-state index in [1.807, 2.05) is 12.1 Å². The molecule has 0 bridgehead atoms. The maximum atomic E-state index is 14.5. The van der Waals surface area contributed by atoms with Gasteiger partial charge in [-0.15, -0.1) is 0 Å². The summed E-state index contributed by atoms with van der Waals surface area (Å²) in [4.78, 5) is 28.0. The van der Waals surface area contributed by atoms with Gasteiger partial charge in [0.15, 0.2) is 0 Å². The van der Waals surface area contributed by atoms with Crippen LogP contribution in [0.5, 0.6) is 0 Å². The fraction of sp³-hybridized carbons (Fsp3) is 0.360. The Balaban J connectivity index is 1.63. The topological polar surface area (TPSA) is 55.4 Å². The van der Waals surface area contributed by atoms with Crippen molar-refractivity contribution >= 4 is 11.5 Å². The summed E-state index contributed by atoms with van der Waals surface area (Å²) < 4.78 is 15.9. The first kappa shape index (κ1) is 20.4. The lowest BCUT2D eigenvalue weighted by atomic mass is 9.99. The molecule has 1 saturated carbocycles. The Bertz CT molecular complexity index is 1250. The number of benzene rings is 1. The Morgan fingerprint density at radius 1 is 1.09 bits per heavy atom. The molecule has 2 fully saturated rings. The minimum absolute atomic E-state index is 0.0562. The van der Waals surface area contributed by atoms with Crippen LogP contribution >= 0.6 is 0 Å². The lowest BCUT2D eigenvalue weighted by Gasteiger charge is -2.31. The van der Waals surface area contributed by atoms with Gasteiger partial charge in [0, 0.05) is 36.3 Å². The minimum Gasteiger partial charge on any atom is -0.356 e. The molecule has 1 aliphatic heterocycles. The fourth-order valence-electron chi connectivity index (χ4n) is 4.20. The number of nitrogens with zero attached hydrogens (tertiary/aromatic N) is 5. The molecule has 0 radical (unpaired) electrons. The first-order valence-corrected chi connectivity index (χ1v) is 11.1. The SMILES string of the molecule is [C-]#[N+]c1ccc(-c2nc(N3CCC(C)CC3)cc(=O)n2-c2ccc(C3CC3)nc2)cc1F. The van der Waals surface area contributed by atoms with Crippen LogP contribution in [0.25, 0.3) is 21.9 Å². The first-order valence-electron chi connectivity index (χ1n) is 11.1. The van der Waals surface area contributed by atoms with Gasteiger partial charge < -0.3 is 4.90 Å². The molecule has 7 heteroatoms. The van der Waals surface area contributed by atoms with E-state index in [-0.39, 0.29) is 11.2 Å². The van der Waals surface area contributed by atoms with Gasteiger partial charge in [-0.1, -0.05) is 19.1 Å². The molecule has 6 nitrogen and oxygen atoms in total. The van der Waals surface area contributed by atoms with Crippen molar-refractivity contribution < 1.29 is 4.39 Å². The molecule has 32 heavy (non-hydrogen) atoms. The molecular formula is C25H24FN5O. The number of hydrogen-bond donors (Lipinski definition) is 0. The van der Waals surface area contributed by atoms with Crippen LogP contribution in [-0.4, -0.2) is 27.6 Å². The molecule has 5 rings (SSSR count). The molecule has 2 aromatic heterocycles. The van der Waals surface area contributed by atoms with Gasteiger partial charge in [-0.3, -0.25) is 14.3 Å². The summed E-state index contributed by atoms with van der Waals surface area (Å²) in [6, 6.07) is 9.73. The van der Waals surface area contributed by atoms with Gasteiger partial charge in [0.25, 0.3) is 5.56 Å². The average molecular weight is 429 g/mol. The average Bonchev–Trinajstić information content (AvgIpc) is 3.65. The van der Waals surface area contributed by atoms with Crippen molar-refractivity contribution in [2.45, 2.75) is 38.5 Å². The maximum absolute atomic E-state index is 14.5. The summed E-state index contributed by atoms with van der Waals surface area (Å²) in [5.74, 6) is 1.49. The standard InChI is InChI=1S/C25H24FN5O/c1-16-9-11-30(12-10-16)23-14-24(32)31(19-6-8-21(28-15-19)17-3-4-17)25(29-23)18-5-7-22(27-2)20(26)13-18/h5-8,13-17H,3-4,9-12H2,1H3. The van der Waals surface area contributed by atoms with Crippen LogP contribution in [0, 0.1) is 18.3 Å². The Kier molecular flexibility index (Phi) is 5.22. The van der Waals surface area contributed by atoms with E-state index in [0.717, 1.165) is 44.5 Å². The Labute approximate surface area is 186 Å². The zero-order valence-corrected chi connectivity index (χ0v) is 18.0. The summed E-state index contributed by atoms with van der Waals surface area (Å²) in [5, 5.41) is 0. The van der Waals surface area contributed by atoms with Crippen LogP contribution < -0.4 is 10.5 Å². The second kappa shape index (κ2) is 8.19. The fourth-order valence-corrected chi connectivity index (χ4v) is 4.20. The van der Waals surface area contributed by atoms with E-state index >= 15 is 0 Å². The summed E-state index contributed by atoms with van der Waals surface area (Å²) in [7, 11) is 0. The largest absolute Gasteiger partial charge is 0.356 e. The highest BCUT2D eigenvalue weighted by molar-refractivity contribution is 5.64. The van der Waals surface area contributed by atoms with E-state index in [9.17, 15) is 9.18 Å². The van der Waals surface area contributed by atoms with Crippen molar-refractivity contribution in [3.63, 3.8) is 0 Å². The lowest BCUT2D eigenvalue weighted by Crippen LogP contribution is -2.35. The van der Waals surface area contributed by atoms with Gasteiger partial charge in [0.1, 0.15) is 17.5 Å². The van der Waals surface area contributed by atoms with Gasteiger partial charge in [-0.25, -0.2) is 14.2 Å². The van der Waals surface area contributed by atoms with Crippen LogP contribution in [0.15, 0.2) is 47.4 Å². The molecular weight excluding hydrogens is 405 g/mol. The lowest BCUT2D eigenvalue weighted by molar-refractivity contribution is 0.436. The zero-order valence-electron chi connectivity index (χ0n) is 18.0. The third-order valence-corrected chi connectivity index (χ3v) is 6.36. The number of piperidine rings is 1. The van der Waals surface area contributed by atoms with Crippen LogP contribution in [0.2, 0.25) is 0 Å². The summed E-state index contributed by atoms with van der Waals surface area (Å²) >= 11 is 0. The summed E-state index contributed by atoms with van der Waals surface area (Å²) in [5.41, 5.74) is 1.78. The Morgan fingerprint density at radius 3 is 2.50 bits per heavy atom. The van der Waals surface area contributed by atoms with E-state index in [2.05, 4.69) is 21.7 Å². The van der Waals surface area contributed by atoms with Crippen molar-refractivity contribution in [1.82, 2.24) is 14.5 Å². The number of rotatable bonds is 4. The van der Waals surface area contributed by atoms with Crippen LogP contribution in [0.4, 0.5) is 15.9 Å². The molecule has 1 saturated heterocycles. The van der Waals surface area contributed by atoms with Crippen molar-refractivity contribution in [2.75, 3.05) is 18.0 Å². The Morgan fingerprint density at radius 2 is 1.88 bits per heavy atom. The van der Waals surface area contributed by atoms with E-state index in [1.54, 1.807) is 18.3 Å². The van der Waals surface area contributed by atoms with Crippen molar-refractivity contribution in [1.29, 1.82) is 0 Å². The van der Waals surface area contributed by atoms with Crippen molar-refractivity contribution in [3.05, 3.63) is 75.9 Å². The van der Waals surface area contributed by atoms with Gasteiger partial charge in [0.2, 0.25) is 5.69 Å². The van der Waals surface area contributed by atoms with Crippen LogP contribution in [0.3, 0.4) is 0 Å². The molecule has 0 spiro atoms. The summed E-state index contributed by atoms with van der Waals surface area (Å²) in [6.45, 7) is 11.0. The van der Waals surface area contributed by atoms with E-state index < -0.39 is 5.82 Å². The minimum atomic E-state index is -0.627. The predicted octanol–water partition coefficient (Wildman–Crippen LogP) is 5.10. The third kappa shape index (κ3) is 3.89. The number of anilines is 1. The molecule has 0 amide bonds. The predicted molar refractivity (Wildman–Crippen MR) is 122 cm³/mol. The molecule has 1 aromatic carbocycles. The molecule has 162 valence electrons. The van der Waals surface area contributed by atoms with Crippen molar-refractivity contribution in [3.8, 4) is 17.1 Å². The second-order valence-electron chi connectivity index (χ2n) is 8.77. The second-order valence-corrected chi connectivity index (χ2v) is 8.77. The molecule has 2 aliphatic rings. The summed E-state index contributed by atoms with van der Waals surface area (Å²) in [6.07, 6.45) is 6.07. The van der Waals surface area contributed by atoms with Gasteiger partial charge >= 0.3 is 0 Å². The first-order chi connectivity index (χ1) is 15.5. The molecule has 3 aromatic rings. The highest BCUT2D eigenvalue weighted by Gasteiger charge is 2.25. The molecule has 0 N–H and O–H groups in total. The Hall–Kier alpha value is -3.53. The maximum Gasteiger partial charge on any atom is 0.260 e. The van der Waals surface area contributed by atoms with E-state index in [4.69, 9.17) is 11.6 Å². The molecule has 1 aliphatic carbocycles. The number of aromatic nitrogens is 3. The molecule has 3 heterocycles. The number of halogens is 1. The number of hydrogen-bond acceptors (Lipinski definition) is 4. The van der Waals surface area contributed by atoms with Crippen LogP contribution in [0.1, 0.15) is 44.2 Å². The van der Waals surface area contributed by atoms with Gasteiger partial charge in [-0.2, -0.15) is 0 Å². The third-order valence-electron chi connectivity index (χ3n) is 6.36. The zero-order chi connectivity index (χ0) is 22.2. The molecule has 0 unspecified atom stereocenters. The highest BCUT2D eigenvalue weighted by Crippen LogP contribution is 2.39. The van der Waals surface area contributed by atoms with Gasteiger partial charge in [0.05, 0.1) is 18.5 Å². The highest BCUT2D eigenvalue weighted by atomic mass is 19.1.